The number of carboxylic acid groups (broad SMARTS) is 2. The lowest BCUT2D eigenvalue weighted by Crippen LogP contribution is -2.60. The van der Waals surface area contributed by atoms with Gasteiger partial charge in [-0.05, 0) is 19.3 Å². The SMILES string of the molecule is CCC(C)C(NC(=O)C(CCC(=O)O)NC(=O)C(NC(=O)C(N)CC(N)=O)C(C)O)C(=O)O. The lowest BCUT2D eigenvalue weighted by molar-refractivity contribution is -0.144. The van der Waals surface area contributed by atoms with Crippen LogP contribution in [0.2, 0.25) is 0 Å². The van der Waals surface area contributed by atoms with Crippen molar-refractivity contribution in [2.45, 2.75) is 76.7 Å². The van der Waals surface area contributed by atoms with Crippen LogP contribution in [0.1, 0.15) is 46.5 Å². The van der Waals surface area contributed by atoms with Crippen molar-refractivity contribution in [2.75, 3.05) is 0 Å². The van der Waals surface area contributed by atoms with Crippen LogP contribution in [0.15, 0.2) is 0 Å². The minimum atomic E-state index is -1.61. The molecule has 14 nitrogen and oxygen atoms in total. The first kappa shape index (κ1) is 29.7. The largest absolute Gasteiger partial charge is 0.481 e. The maximum Gasteiger partial charge on any atom is 0.326 e. The zero-order chi connectivity index (χ0) is 25.9. The van der Waals surface area contributed by atoms with Crippen molar-refractivity contribution in [3.8, 4) is 0 Å². The number of aliphatic carboxylic acids is 2. The molecule has 0 saturated heterocycles. The highest BCUT2D eigenvalue weighted by atomic mass is 16.4. The van der Waals surface area contributed by atoms with Crippen LogP contribution in [0.3, 0.4) is 0 Å². The van der Waals surface area contributed by atoms with Gasteiger partial charge in [-0.1, -0.05) is 20.3 Å². The average molecular weight is 475 g/mol. The zero-order valence-electron chi connectivity index (χ0n) is 18.7. The Bertz CT molecular complexity index is 743. The van der Waals surface area contributed by atoms with Crippen molar-refractivity contribution in [2.24, 2.45) is 17.4 Å². The number of primary amides is 1. The maximum atomic E-state index is 12.7. The molecule has 33 heavy (non-hydrogen) atoms. The van der Waals surface area contributed by atoms with Crippen molar-refractivity contribution in [3.63, 3.8) is 0 Å². The molecule has 0 rings (SSSR count). The molecule has 14 heteroatoms. The third-order valence-corrected chi connectivity index (χ3v) is 4.88. The molecule has 188 valence electrons. The van der Waals surface area contributed by atoms with Crippen molar-refractivity contribution in [1.82, 2.24) is 16.0 Å². The fourth-order valence-electron chi connectivity index (χ4n) is 2.71. The average Bonchev–Trinajstić information content (AvgIpc) is 2.70. The molecule has 0 aliphatic heterocycles. The van der Waals surface area contributed by atoms with E-state index in [2.05, 4.69) is 16.0 Å². The van der Waals surface area contributed by atoms with E-state index >= 15 is 0 Å². The van der Waals surface area contributed by atoms with Crippen LogP contribution in [0.5, 0.6) is 0 Å². The smallest absolute Gasteiger partial charge is 0.326 e. The Labute approximate surface area is 190 Å². The molecule has 6 atom stereocenters. The Morgan fingerprint density at radius 1 is 0.879 bits per heavy atom. The lowest BCUT2D eigenvalue weighted by atomic mass is 9.98. The Morgan fingerprint density at radius 2 is 1.42 bits per heavy atom. The molecule has 0 radical (unpaired) electrons. The van der Waals surface area contributed by atoms with Crippen LogP contribution in [0.25, 0.3) is 0 Å². The van der Waals surface area contributed by atoms with Gasteiger partial charge in [-0.3, -0.25) is 24.0 Å². The Kier molecular flexibility index (Phi) is 12.6. The molecule has 0 heterocycles. The first-order valence-corrected chi connectivity index (χ1v) is 10.3. The molecule has 0 aromatic carbocycles. The van der Waals surface area contributed by atoms with Gasteiger partial charge < -0.3 is 42.7 Å². The number of nitrogens with two attached hydrogens (primary N) is 2. The van der Waals surface area contributed by atoms with Gasteiger partial charge in [0.25, 0.3) is 0 Å². The van der Waals surface area contributed by atoms with Crippen LogP contribution in [0, 0.1) is 5.92 Å². The molecule has 0 aromatic rings. The fraction of sp³-hybridized carbons (Fsp3) is 0.684. The second kappa shape index (κ2) is 14.0. The number of carbonyl (C=O) groups is 6. The van der Waals surface area contributed by atoms with Crippen molar-refractivity contribution in [1.29, 1.82) is 0 Å². The topological polar surface area (TPSA) is 251 Å². The number of amides is 4. The van der Waals surface area contributed by atoms with E-state index in [-0.39, 0.29) is 6.42 Å². The van der Waals surface area contributed by atoms with Crippen LogP contribution in [-0.2, 0) is 28.8 Å². The monoisotopic (exact) mass is 475 g/mol. The molecule has 0 aliphatic carbocycles. The minimum absolute atomic E-state index is 0.387. The standard InChI is InChI=1S/C19H33N5O9/c1-4-8(2)14(19(32)33)23-17(30)11(5-6-13(27)28)22-18(31)15(9(3)25)24-16(29)10(20)7-12(21)26/h8-11,14-15,25H,4-7,20H2,1-3H3,(H2,21,26)(H,22,31)(H,23,30)(H,24,29)(H,27,28)(H,32,33). The molecule has 0 fully saturated rings. The van der Waals surface area contributed by atoms with E-state index in [9.17, 15) is 39.0 Å². The van der Waals surface area contributed by atoms with Gasteiger partial charge in [0.1, 0.15) is 18.1 Å². The highest BCUT2D eigenvalue weighted by Gasteiger charge is 2.33. The first-order valence-electron chi connectivity index (χ1n) is 10.3. The molecule has 4 amide bonds. The lowest BCUT2D eigenvalue weighted by Gasteiger charge is -2.27. The highest BCUT2D eigenvalue weighted by molar-refractivity contribution is 5.95. The summed E-state index contributed by atoms with van der Waals surface area (Å²) in [5, 5.41) is 34.8. The maximum absolute atomic E-state index is 12.7. The van der Waals surface area contributed by atoms with Crippen LogP contribution < -0.4 is 27.4 Å². The van der Waals surface area contributed by atoms with Gasteiger partial charge in [0, 0.05) is 6.42 Å². The molecule has 0 saturated carbocycles. The van der Waals surface area contributed by atoms with Crippen molar-refractivity contribution in [3.05, 3.63) is 0 Å². The first-order chi connectivity index (χ1) is 15.2. The molecular formula is C19H33N5O9. The van der Waals surface area contributed by atoms with Crippen LogP contribution in [-0.4, -0.2) is 81.2 Å². The third kappa shape index (κ3) is 10.7. The number of hydrogen-bond donors (Lipinski definition) is 8. The number of rotatable bonds is 15. The van der Waals surface area contributed by atoms with Gasteiger partial charge in [0.05, 0.1) is 18.6 Å². The van der Waals surface area contributed by atoms with E-state index in [1.54, 1.807) is 13.8 Å². The van der Waals surface area contributed by atoms with Crippen molar-refractivity contribution >= 4 is 35.6 Å². The number of nitrogens with one attached hydrogen (secondary N) is 3. The highest BCUT2D eigenvalue weighted by Crippen LogP contribution is 2.09. The molecule has 10 N–H and O–H groups in total. The molecule has 0 bridgehead atoms. The zero-order valence-corrected chi connectivity index (χ0v) is 18.7. The minimum Gasteiger partial charge on any atom is -0.481 e. The predicted octanol–water partition coefficient (Wildman–Crippen LogP) is -2.98. The number of carbonyl (C=O) groups excluding carboxylic acids is 4. The summed E-state index contributed by atoms with van der Waals surface area (Å²) in [6.07, 6.45) is -2.48. The van der Waals surface area contributed by atoms with Gasteiger partial charge in [-0.2, -0.15) is 0 Å². The summed E-state index contributed by atoms with van der Waals surface area (Å²) < 4.78 is 0. The van der Waals surface area contributed by atoms with E-state index in [4.69, 9.17) is 16.6 Å². The van der Waals surface area contributed by atoms with E-state index in [1.165, 1.54) is 6.92 Å². The van der Waals surface area contributed by atoms with E-state index in [0.717, 1.165) is 0 Å². The molecular weight excluding hydrogens is 442 g/mol. The van der Waals surface area contributed by atoms with Gasteiger partial charge in [-0.25, -0.2) is 4.79 Å². The number of carboxylic acids is 2. The Morgan fingerprint density at radius 3 is 1.85 bits per heavy atom. The van der Waals surface area contributed by atoms with E-state index < -0.39 is 84.6 Å². The second-order valence-corrected chi connectivity index (χ2v) is 7.71. The van der Waals surface area contributed by atoms with E-state index in [1.807, 2.05) is 0 Å². The van der Waals surface area contributed by atoms with E-state index in [0.29, 0.717) is 6.42 Å². The van der Waals surface area contributed by atoms with Gasteiger partial charge in [0.15, 0.2) is 0 Å². The number of aliphatic hydroxyl groups is 1. The van der Waals surface area contributed by atoms with Gasteiger partial charge >= 0.3 is 11.9 Å². The summed E-state index contributed by atoms with van der Waals surface area (Å²) in [6.45, 7) is 4.48. The molecule has 0 aromatic heterocycles. The second-order valence-electron chi connectivity index (χ2n) is 7.71. The number of aliphatic hydroxyl groups excluding tert-OH is 1. The van der Waals surface area contributed by atoms with Crippen molar-refractivity contribution < 1.29 is 44.1 Å². The summed E-state index contributed by atoms with van der Waals surface area (Å²) in [7, 11) is 0. The number of hydrogen-bond acceptors (Lipinski definition) is 8. The van der Waals surface area contributed by atoms with Gasteiger partial charge in [-0.15, -0.1) is 0 Å². The third-order valence-electron chi connectivity index (χ3n) is 4.88. The predicted molar refractivity (Wildman–Crippen MR) is 113 cm³/mol. The summed E-state index contributed by atoms with van der Waals surface area (Å²) in [4.78, 5) is 70.8. The Hall–Kier alpha value is -3.26. The summed E-state index contributed by atoms with van der Waals surface area (Å²) >= 11 is 0. The molecule has 6 unspecified atom stereocenters. The van der Waals surface area contributed by atoms with Crippen LogP contribution >= 0.6 is 0 Å². The summed E-state index contributed by atoms with van der Waals surface area (Å²) in [5.74, 6) is -6.86. The molecule has 0 spiro atoms. The molecule has 0 aliphatic rings. The van der Waals surface area contributed by atoms with Gasteiger partial charge in [0.2, 0.25) is 23.6 Å². The fourth-order valence-corrected chi connectivity index (χ4v) is 2.71. The Balaban J connectivity index is 5.56. The summed E-state index contributed by atoms with van der Waals surface area (Å²) in [5.41, 5.74) is 10.5. The van der Waals surface area contributed by atoms with Crippen LogP contribution in [0.4, 0.5) is 0 Å². The quantitative estimate of drug-likeness (QED) is 0.119. The normalized spacial score (nSPS) is 16.3. The summed E-state index contributed by atoms with van der Waals surface area (Å²) in [6, 6.07) is -5.77.